The first-order valence-corrected chi connectivity index (χ1v) is 9.01. The van der Waals surface area contributed by atoms with Gasteiger partial charge in [0.2, 0.25) is 0 Å². The van der Waals surface area contributed by atoms with Crippen LogP contribution in [0, 0.1) is 5.92 Å². The van der Waals surface area contributed by atoms with E-state index < -0.39 is 0 Å². The molecular weight excluding hydrogens is 359 g/mol. The Labute approximate surface area is 157 Å². The van der Waals surface area contributed by atoms with Crippen LogP contribution in [0.2, 0.25) is 10.2 Å². The van der Waals surface area contributed by atoms with E-state index in [1.807, 2.05) is 29.2 Å². The number of carbonyl (C=O) groups is 1. The summed E-state index contributed by atoms with van der Waals surface area (Å²) in [6, 6.07) is 11.0. The molecule has 0 aliphatic heterocycles. The van der Waals surface area contributed by atoms with Gasteiger partial charge in [0.15, 0.2) is 0 Å². The fourth-order valence-corrected chi connectivity index (χ4v) is 3.20. The topological polar surface area (TPSA) is 42.4 Å². The van der Waals surface area contributed by atoms with Crippen molar-refractivity contribution in [3.63, 3.8) is 0 Å². The van der Waals surface area contributed by atoms with Crippen molar-refractivity contribution >= 4 is 29.1 Å². The van der Waals surface area contributed by atoms with Crippen molar-refractivity contribution in [2.24, 2.45) is 5.92 Å². The van der Waals surface area contributed by atoms with Gasteiger partial charge in [-0.3, -0.25) is 4.79 Å². The summed E-state index contributed by atoms with van der Waals surface area (Å²) in [4.78, 5) is 19.1. The number of amides is 1. The molecule has 4 nitrogen and oxygen atoms in total. The van der Waals surface area contributed by atoms with Crippen molar-refractivity contribution < 1.29 is 9.53 Å². The van der Waals surface area contributed by atoms with Gasteiger partial charge in [-0.2, -0.15) is 0 Å². The molecule has 1 heterocycles. The summed E-state index contributed by atoms with van der Waals surface area (Å²) in [5.74, 6) is 1.12. The number of hydrogen-bond acceptors (Lipinski definition) is 3. The minimum absolute atomic E-state index is 0.117. The van der Waals surface area contributed by atoms with Gasteiger partial charge in [-0.15, -0.1) is 0 Å². The molecule has 6 heteroatoms. The van der Waals surface area contributed by atoms with Gasteiger partial charge in [0, 0.05) is 12.6 Å². The number of rotatable bonds is 6. The summed E-state index contributed by atoms with van der Waals surface area (Å²) >= 11 is 12.2. The standard InChI is InChI=1S/C19H20Cl2N2O2/c1-12(14-5-6-14)23(11-13-3-7-15(25-2)8-4-13)19(24)18-16(20)9-10-17(21)22-18/h3-4,7-10,12,14H,5-6,11H2,1-2H3. The lowest BCUT2D eigenvalue weighted by Gasteiger charge is -2.29. The summed E-state index contributed by atoms with van der Waals surface area (Å²) in [5, 5.41) is 0.577. The number of hydrogen-bond donors (Lipinski definition) is 0. The predicted octanol–water partition coefficient (Wildman–Crippen LogP) is 4.84. The lowest BCUT2D eigenvalue weighted by atomic mass is 10.1. The summed E-state index contributed by atoms with van der Waals surface area (Å²) in [5.41, 5.74) is 1.23. The fraction of sp³-hybridized carbons (Fsp3) is 0.368. The van der Waals surface area contributed by atoms with Crippen molar-refractivity contribution in [2.75, 3.05) is 7.11 Å². The summed E-state index contributed by atoms with van der Waals surface area (Å²) in [6.45, 7) is 2.57. The molecule has 1 amide bonds. The van der Waals surface area contributed by atoms with Crippen LogP contribution in [0.5, 0.6) is 5.75 Å². The van der Waals surface area contributed by atoms with Gasteiger partial charge < -0.3 is 9.64 Å². The van der Waals surface area contributed by atoms with Crippen LogP contribution in [0.25, 0.3) is 0 Å². The van der Waals surface area contributed by atoms with E-state index in [4.69, 9.17) is 27.9 Å². The number of ether oxygens (including phenoxy) is 1. The van der Waals surface area contributed by atoms with Crippen molar-refractivity contribution in [3.05, 3.63) is 57.8 Å². The Morgan fingerprint density at radius 3 is 2.52 bits per heavy atom. The second-order valence-corrected chi connectivity index (χ2v) is 7.12. The van der Waals surface area contributed by atoms with Gasteiger partial charge in [0.25, 0.3) is 5.91 Å². The summed E-state index contributed by atoms with van der Waals surface area (Å²) in [7, 11) is 1.63. The van der Waals surface area contributed by atoms with E-state index in [-0.39, 0.29) is 22.8 Å². The van der Waals surface area contributed by atoms with E-state index in [1.54, 1.807) is 19.2 Å². The SMILES string of the molecule is COc1ccc(CN(C(=O)c2nc(Cl)ccc2Cl)C(C)C2CC2)cc1. The number of nitrogens with zero attached hydrogens (tertiary/aromatic N) is 2. The predicted molar refractivity (Wildman–Crippen MR) is 99.3 cm³/mol. The number of aromatic nitrogens is 1. The highest BCUT2D eigenvalue weighted by Crippen LogP contribution is 2.36. The molecule has 0 saturated heterocycles. The van der Waals surface area contributed by atoms with Gasteiger partial charge in [-0.1, -0.05) is 35.3 Å². The molecule has 1 fully saturated rings. The van der Waals surface area contributed by atoms with Crippen molar-refractivity contribution in [2.45, 2.75) is 32.4 Å². The molecule has 1 aliphatic rings. The largest absolute Gasteiger partial charge is 0.497 e. The molecule has 132 valence electrons. The molecule has 1 unspecified atom stereocenters. The van der Waals surface area contributed by atoms with Gasteiger partial charge in [0.05, 0.1) is 12.1 Å². The third-order valence-electron chi connectivity index (χ3n) is 4.58. The van der Waals surface area contributed by atoms with Gasteiger partial charge in [-0.05, 0) is 55.5 Å². The number of halogens is 2. The lowest BCUT2D eigenvalue weighted by Crippen LogP contribution is -2.40. The quantitative estimate of drug-likeness (QED) is 0.675. The lowest BCUT2D eigenvalue weighted by molar-refractivity contribution is 0.0648. The Balaban J connectivity index is 1.88. The number of carbonyl (C=O) groups excluding carboxylic acids is 1. The Bertz CT molecular complexity index is 761. The van der Waals surface area contributed by atoms with E-state index in [2.05, 4.69) is 11.9 Å². The molecule has 25 heavy (non-hydrogen) atoms. The minimum atomic E-state index is -0.192. The van der Waals surface area contributed by atoms with E-state index in [1.165, 1.54) is 0 Å². The number of benzene rings is 1. The minimum Gasteiger partial charge on any atom is -0.497 e. The fourth-order valence-electron chi connectivity index (χ4n) is 2.87. The van der Waals surface area contributed by atoms with E-state index in [0.717, 1.165) is 24.2 Å². The maximum atomic E-state index is 13.1. The Morgan fingerprint density at radius 2 is 1.92 bits per heavy atom. The van der Waals surface area contributed by atoms with Crippen LogP contribution in [0.15, 0.2) is 36.4 Å². The monoisotopic (exact) mass is 378 g/mol. The third kappa shape index (κ3) is 4.25. The normalized spacial score (nSPS) is 14.9. The summed E-state index contributed by atoms with van der Waals surface area (Å²) in [6.07, 6.45) is 2.29. The summed E-state index contributed by atoms with van der Waals surface area (Å²) < 4.78 is 5.19. The molecule has 0 bridgehead atoms. The highest BCUT2D eigenvalue weighted by molar-refractivity contribution is 6.34. The van der Waals surface area contributed by atoms with Crippen molar-refractivity contribution in [1.29, 1.82) is 0 Å². The molecule has 3 rings (SSSR count). The van der Waals surface area contributed by atoms with Gasteiger partial charge in [-0.25, -0.2) is 4.98 Å². The zero-order valence-electron chi connectivity index (χ0n) is 14.2. The zero-order chi connectivity index (χ0) is 18.0. The maximum absolute atomic E-state index is 13.1. The van der Waals surface area contributed by atoms with Crippen LogP contribution in [-0.2, 0) is 6.54 Å². The van der Waals surface area contributed by atoms with Crippen LogP contribution in [0.1, 0.15) is 35.8 Å². The van der Waals surface area contributed by atoms with Crippen LogP contribution < -0.4 is 4.74 Å². The molecule has 0 radical (unpaired) electrons. The second kappa shape index (κ2) is 7.63. The van der Waals surface area contributed by atoms with Gasteiger partial charge in [0.1, 0.15) is 16.6 Å². The van der Waals surface area contributed by atoms with Crippen LogP contribution >= 0.6 is 23.2 Å². The molecule has 0 spiro atoms. The van der Waals surface area contributed by atoms with Crippen molar-refractivity contribution in [3.8, 4) is 5.75 Å². The average Bonchev–Trinajstić information content (AvgIpc) is 3.46. The van der Waals surface area contributed by atoms with Crippen LogP contribution in [0.3, 0.4) is 0 Å². The van der Waals surface area contributed by atoms with E-state index in [0.29, 0.717) is 17.5 Å². The molecule has 1 aromatic heterocycles. The van der Waals surface area contributed by atoms with E-state index in [9.17, 15) is 4.79 Å². The highest BCUT2D eigenvalue weighted by Gasteiger charge is 2.35. The molecule has 1 atom stereocenters. The molecular formula is C19H20Cl2N2O2. The molecule has 1 aliphatic carbocycles. The van der Waals surface area contributed by atoms with E-state index >= 15 is 0 Å². The van der Waals surface area contributed by atoms with Gasteiger partial charge >= 0.3 is 0 Å². The first kappa shape index (κ1) is 18.0. The average molecular weight is 379 g/mol. The Hall–Kier alpha value is -1.78. The number of pyridine rings is 1. The first-order chi connectivity index (χ1) is 12.0. The molecule has 1 saturated carbocycles. The highest BCUT2D eigenvalue weighted by atomic mass is 35.5. The maximum Gasteiger partial charge on any atom is 0.274 e. The van der Waals surface area contributed by atoms with Crippen molar-refractivity contribution in [1.82, 2.24) is 9.88 Å². The molecule has 1 aromatic carbocycles. The molecule has 0 N–H and O–H groups in total. The first-order valence-electron chi connectivity index (χ1n) is 8.25. The molecule has 2 aromatic rings. The number of methoxy groups -OCH3 is 1. The Kier molecular flexibility index (Phi) is 5.50. The third-order valence-corrected chi connectivity index (χ3v) is 5.10. The van der Waals surface area contributed by atoms with Crippen LogP contribution in [-0.4, -0.2) is 28.9 Å². The smallest absolute Gasteiger partial charge is 0.274 e. The Morgan fingerprint density at radius 1 is 1.24 bits per heavy atom. The van der Waals surface area contributed by atoms with Crippen LogP contribution in [0.4, 0.5) is 0 Å². The zero-order valence-corrected chi connectivity index (χ0v) is 15.7. The second-order valence-electron chi connectivity index (χ2n) is 6.32.